The maximum absolute atomic E-state index is 11.8. The van der Waals surface area contributed by atoms with Crippen LogP contribution in [0.2, 0.25) is 0 Å². The SMILES string of the molecule is COC(=O)c1cc(Br)nc(-c2ccccc2)c1N=[N+]=[N-]. The molecular weight excluding hydrogens is 324 g/mol. The Balaban J connectivity index is 2.76. The van der Waals surface area contributed by atoms with Gasteiger partial charge < -0.3 is 4.74 Å². The number of azide groups is 1. The van der Waals surface area contributed by atoms with Gasteiger partial charge >= 0.3 is 5.97 Å². The Bertz CT molecular complexity index is 697. The van der Waals surface area contributed by atoms with Crippen LogP contribution in [0.4, 0.5) is 5.69 Å². The third kappa shape index (κ3) is 2.79. The largest absolute Gasteiger partial charge is 0.465 e. The molecule has 0 bridgehead atoms. The smallest absolute Gasteiger partial charge is 0.338 e. The highest BCUT2D eigenvalue weighted by atomic mass is 79.9. The van der Waals surface area contributed by atoms with Crippen molar-refractivity contribution >= 4 is 27.6 Å². The fourth-order valence-corrected chi connectivity index (χ4v) is 2.12. The van der Waals surface area contributed by atoms with Gasteiger partial charge in [0.2, 0.25) is 0 Å². The summed E-state index contributed by atoms with van der Waals surface area (Å²) in [5.74, 6) is -0.590. The van der Waals surface area contributed by atoms with Gasteiger partial charge in [0.05, 0.1) is 24.1 Å². The molecule has 2 rings (SSSR count). The van der Waals surface area contributed by atoms with Gasteiger partial charge in [0.1, 0.15) is 4.60 Å². The number of carbonyl (C=O) groups excluding carboxylic acids is 1. The fraction of sp³-hybridized carbons (Fsp3) is 0.0769. The average molecular weight is 333 g/mol. The van der Waals surface area contributed by atoms with Crippen LogP contribution in [0.3, 0.4) is 0 Å². The van der Waals surface area contributed by atoms with Crippen LogP contribution in [0.25, 0.3) is 21.7 Å². The number of pyridine rings is 1. The number of ether oxygens (including phenoxy) is 1. The summed E-state index contributed by atoms with van der Waals surface area (Å²) in [6.45, 7) is 0. The Morgan fingerprint density at radius 1 is 1.40 bits per heavy atom. The molecule has 6 nitrogen and oxygen atoms in total. The molecule has 0 fully saturated rings. The molecular formula is C13H9BrN4O2. The average Bonchev–Trinajstić information content (AvgIpc) is 2.48. The van der Waals surface area contributed by atoms with Crippen molar-refractivity contribution in [1.29, 1.82) is 0 Å². The molecule has 7 heteroatoms. The van der Waals surface area contributed by atoms with Crippen molar-refractivity contribution < 1.29 is 9.53 Å². The molecule has 0 radical (unpaired) electrons. The number of benzene rings is 1. The van der Waals surface area contributed by atoms with Gasteiger partial charge in [0, 0.05) is 10.5 Å². The molecule has 1 aromatic carbocycles. The van der Waals surface area contributed by atoms with Crippen LogP contribution in [-0.4, -0.2) is 18.1 Å². The van der Waals surface area contributed by atoms with Crippen LogP contribution < -0.4 is 0 Å². The van der Waals surface area contributed by atoms with Crippen LogP contribution in [0.15, 0.2) is 46.1 Å². The van der Waals surface area contributed by atoms with Gasteiger partial charge in [0.25, 0.3) is 0 Å². The van der Waals surface area contributed by atoms with Crippen molar-refractivity contribution in [3.8, 4) is 11.3 Å². The molecule has 0 N–H and O–H groups in total. The van der Waals surface area contributed by atoms with E-state index in [1.807, 2.05) is 30.3 Å². The fourth-order valence-electron chi connectivity index (χ4n) is 1.72. The molecule has 0 atom stereocenters. The van der Waals surface area contributed by atoms with E-state index >= 15 is 0 Å². The lowest BCUT2D eigenvalue weighted by atomic mass is 10.1. The lowest BCUT2D eigenvalue weighted by Gasteiger charge is -2.10. The van der Waals surface area contributed by atoms with Gasteiger partial charge in [-0.15, -0.1) is 0 Å². The van der Waals surface area contributed by atoms with Gasteiger partial charge in [-0.1, -0.05) is 35.4 Å². The number of hydrogen-bond acceptors (Lipinski definition) is 4. The van der Waals surface area contributed by atoms with Gasteiger partial charge in [-0.25, -0.2) is 9.78 Å². The first kappa shape index (κ1) is 14.0. The number of nitrogens with zero attached hydrogens (tertiary/aromatic N) is 4. The molecule has 20 heavy (non-hydrogen) atoms. The third-order valence-corrected chi connectivity index (χ3v) is 2.96. The van der Waals surface area contributed by atoms with Crippen LogP contribution in [-0.2, 0) is 4.74 Å². The predicted octanol–water partition coefficient (Wildman–Crippen LogP) is 4.24. The number of halogens is 1. The van der Waals surface area contributed by atoms with Crippen molar-refractivity contribution in [1.82, 2.24) is 4.98 Å². The molecule has 0 aliphatic carbocycles. The first-order valence-electron chi connectivity index (χ1n) is 5.56. The van der Waals surface area contributed by atoms with Crippen molar-refractivity contribution in [3.05, 3.63) is 57.0 Å². The number of carbonyl (C=O) groups is 1. The topological polar surface area (TPSA) is 88.0 Å². The van der Waals surface area contributed by atoms with E-state index < -0.39 is 5.97 Å². The minimum absolute atomic E-state index is 0.147. The van der Waals surface area contributed by atoms with E-state index in [0.29, 0.717) is 10.3 Å². The monoisotopic (exact) mass is 332 g/mol. The summed E-state index contributed by atoms with van der Waals surface area (Å²) in [5.41, 5.74) is 10.2. The van der Waals surface area contributed by atoms with Crippen molar-refractivity contribution in [2.45, 2.75) is 0 Å². The maximum Gasteiger partial charge on any atom is 0.338 e. The zero-order valence-corrected chi connectivity index (χ0v) is 12.0. The lowest BCUT2D eigenvalue weighted by Crippen LogP contribution is -2.03. The summed E-state index contributed by atoms with van der Waals surface area (Å²) in [7, 11) is 1.26. The molecule has 0 saturated carbocycles. The van der Waals surface area contributed by atoms with Crippen molar-refractivity contribution in [3.63, 3.8) is 0 Å². The third-order valence-electron chi connectivity index (χ3n) is 2.56. The summed E-state index contributed by atoms with van der Waals surface area (Å²) < 4.78 is 5.15. The minimum atomic E-state index is -0.590. The van der Waals surface area contributed by atoms with E-state index in [-0.39, 0.29) is 11.3 Å². The standard InChI is InChI=1S/C13H9BrN4O2/c1-20-13(19)9-7-10(14)16-11(12(9)17-18-15)8-5-3-2-4-6-8/h2-7H,1H3. The number of methoxy groups -OCH3 is 1. The highest BCUT2D eigenvalue weighted by Crippen LogP contribution is 2.34. The van der Waals surface area contributed by atoms with Crippen molar-refractivity contribution in [2.24, 2.45) is 5.11 Å². The number of aromatic nitrogens is 1. The van der Waals surface area contributed by atoms with E-state index in [1.165, 1.54) is 13.2 Å². The van der Waals surface area contributed by atoms with Crippen molar-refractivity contribution in [2.75, 3.05) is 7.11 Å². The molecule has 1 aromatic heterocycles. The van der Waals surface area contributed by atoms with E-state index in [4.69, 9.17) is 10.3 Å². The van der Waals surface area contributed by atoms with Gasteiger partial charge in [0.15, 0.2) is 0 Å². The summed E-state index contributed by atoms with van der Waals surface area (Å²) >= 11 is 3.24. The van der Waals surface area contributed by atoms with E-state index in [2.05, 4.69) is 30.9 Å². The Kier molecular flexibility index (Phi) is 4.34. The molecule has 0 aliphatic heterocycles. The number of hydrogen-bond donors (Lipinski definition) is 0. The second-order valence-electron chi connectivity index (χ2n) is 3.74. The molecule has 100 valence electrons. The number of rotatable bonds is 3. The molecule has 0 aliphatic rings. The lowest BCUT2D eigenvalue weighted by molar-refractivity contribution is 0.0601. The minimum Gasteiger partial charge on any atom is -0.465 e. The second kappa shape index (κ2) is 6.18. The van der Waals surface area contributed by atoms with E-state index in [0.717, 1.165) is 5.56 Å². The molecule has 0 saturated heterocycles. The summed E-state index contributed by atoms with van der Waals surface area (Å²) in [4.78, 5) is 18.8. The summed E-state index contributed by atoms with van der Waals surface area (Å²) in [6.07, 6.45) is 0. The van der Waals surface area contributed by atoms with Gasteiger partial charge in [-0.2, -0.15) is 0 Å². The summed E-state index contributed by atoms with van der Waals surface area (Å²) in [5, 5.41) is 3.59. The predicted molar refractivity (Wildman–Crippen MR) is 77.5 cm³/mol. The maximum atomic E-state index is 11.8. The Hall–Kier alpha value is -2.37. The molecule has 1 heterocycles. The van der Waals surface area contributed by atoms with E-state index in [9.17, 15) is 4.79 Å². The van der Waals surface area contributed by atoms with Crippen LogP contribution in [0, 0.1) is 0 Å². The second-order valence-corrected chi connectivity index (χ2v) is 4.55. The molecule has 0 unspecified atom stereocenters. The van der Waals surface area contributed by atoms with Crippen LogP contribution >= 0.6 is 15.9 Å². The zero-order valence-electron chi connectivity index (χ0n) is 10.4. The Morgan fingerprint density at radius 2 is 2.10 bits per heavy atom. The first-order chi connectivity index (χ1) is 9.67. The van der Waals surface area contributed by atoms with Crippen LogP contribution in [0.1, 0.15) is 10.4 Å². The van der Waals surface area contributed by atoms with Gasteiger partial charge in [-0.05, 0) is 27.5 Å². The highest BCUT2D eigenvalue weighted by Gasteiger charge is 2.18. The van der Waals surface area contributed by atoms with Gasteiger partial charge in [-0.3, -0.25) is 0 Å². The van der Waals surface area contributed by atoms with Crippen LogP contribution in [0.5, 0.6) is 0 Å². The quantitative estimate of drug-likeness (QED) is 0.277. The highest BCUT2D eigenvalue weighted by molar-refractivity contribution is 9.10. The molecule has 0 amide bonds. The Labute approximate surface area is 123 Å². The first-order valence-corrected chi connectivity index (χ1v) is 6.36. The summed E-state index contributed by atoms with van der Waals surface area (Å²) in [6, 6.07) is 10.6. The molecule has 2 aromatic rings. The normalized spacial score (nSPS) is 9.70. The Morgan fingerprint density at radius 3 is 2.70 bits per heavy atom. The molecule has 0 spiro atoms. The van der Waals surface area contributed by atoms with E-state index in [1.54, 1.807) is 0 Å². The number of esters is 1. The zero-order chi connectivity index (χ0) is 14.5.